The molecule has 8 rings (SSSR count). The summed E-state index contributed by atoms with van der Waals surface area (Å²) in [5.74, 6) is -24.7. The smallest absolute Gasteiger partial charge is 0.305 e. The summed E-state index contributed by atoms with van der Waals surface area (Å²) >= 11 is 0.644. The van der Waals surface area contributed by atoms with Gasteiger partial charge in [0, 0.05) is 96.6 Å². The third kappa shape index (κ3) is 28.8. The number of aromatic hydroxyl groups is 2. The van der Waals surface area contributed by atoms with Crippen molar-refractivity contribution in [2.24, 2.45) is 17.4 Å². The lowest BCUT2D eigenvalue weighted by Crippen LogP contribution is -2.62. The summed E-state index contributed by atoms with van der Waals surface area (Å²) in [5, 5.41) is 54.7. The maximum atomic E-state index is 15.5. The Morgan fingerprint density at radius 2 is 0.916 bits per heavy atom. The highest BCUT2D eigenvalue weighted by molar-refractivity contribution is 8.00. The average molecular weight is 1840 g/mol. The van der Waals surface area contributed by atoms with E-state index in [9.17, 15) is 58.1 Å². The zero-order valence-corrected chi connectivity index (χ0v) is 74.8. The number of carbonyl (C=O) groups is 16. The molecule has 0 saturated carbocycles. The number of aromatic amines is 1. The number of nitrogens with one attached hydrogen (secondary N) is 10. The summed E-state index contributed by atoms with van der Waals surface area (Å²) in [5.41, 5.74) is 13.7. The van der Waals surface area contributed by atoms with Crippen LogP contribution in [0.2, 0.25) is 0 Å². The number of hydrogen-bond acceptors (Lipinski definition) is 20. The van der Waals surface area contributed by atoms with Crippen LogP contribution >= 0.6 is 11.8 Å². The first-order chi connectivity index (χ1) is 62.0. The second-order valence-electron chi connectivity index (χ2n) is 32.5. The second-order valence-corrected chi connectivity index (χ2v) is 33.5. The summed E-state index contributed by atoms with van der Waals surface area (Å²) in [6.07, 6.45) is -2.11. The predicted molar refractivity (Wildman–Crippen MR) is 476 cm³/mol. The van der Waals surface area contributed by atoms with Crippen LogP contribution in [0.25, 0.3) is 10.9 Å². The van der Waals surface area contributed by atoms with E-state index in [0.717, 1.165) is 38.6 Å². The molecule has 17 N–H and O–H groups in total. The number of carboxylic acid groups (broad SMARTS) is 1. The van der Waals surface area contributed by atoms with Gasteiger partial charge in [0.2, 0.25) is 88.6 Å². The predicted octanol–water partition coefficient (Wildman–Crippen LogP) is 1.04. The SMILES string of the molecule is CC(C)[C@@H]1NC(=O)[C@H](CC(=O)O)NC(=O)[C@@H](C)N(C)C(=O)[C@H](C)N(C)C(=O)[C@H](Cc2ccccc2)N(C)C(=O)[C@H](Cc2cc(F)c(F)c(F)c2)NC(=O)CSC[C@@H](C(=O)NCC(N)=O)NC(=O)[C@H](CCCN)NC(=O)[C@H](Cc2ccc(O)cc2)NC(=O)[C@H](Cc2c[nH]c3ccccc23)NC(=O)[C@@H](C)N(C)C(=O)[C@H](Cc2ccc(O)cc2)NC(=O)[C@H](Cc2ccccc2)N(C)C1=O. The van der Waals surface area contributed by atoms with Crippen molar-refractivity contribution in [2.75, 3.05) is 59.8 Å². The largest absolute Gasteiger partial charge is 0.508 e. The zero-order chi connectivity index (χ0) is 96.4. The van der Waals surface area contributed by atoms with E-state index in [0.29, 0.717) is 62.6 Å². The molecule has 1 saturated heterocycles. The van der Waals surface area contributed by atoms with Crippen LogP contribution in [0.15, 0.2) is 152 Å². The van der Waals surface area contributed by atoms with Crippen LogP contribution in [0.1, 0.15) is 87.3 Å². The number of primary amides is 1. The topological polar surface area (TPSA) is 526 Å². The first kappa shape index (κ1) is 102. The molecule has 1 aromatic heterocycles. The monoisotopic (exact) mass is 1840 g/mol. The molecule has 131 heavy (non-hydrogen) atoms. The first-order valence-electron chi connectivity index (χ1n) is 42.2. The minimum Gasteiger partial charge on any atom is -0.508 e. The van der Waals surface area contributed by atoms with E-state index in [4.69, 9.17) is 11.5 Å². The van der Waals surface area contributed by atoms with Crippen molar-refractivity contribution in [3.05, 3.63) is 203 Å². The summed E-state index contributed by atoms with van der Waals surface area (Å²) in [6, 6.07) is 13.9. The number of rotatable bonds is 21. The molecule has 1 fully saturated rings. The van der Waals surface area contributed by atoms with E-state index in [2.05, 4.69) is 52.8 Å². The number of halogens is 3. The van der Waals surface area contributed by atoms with Crippen molar-refractivity contribution in [3.63, 3.8) is 0 Å². The number of phenolic OH excluding ortho intramolecular Hbond substituents is 2. The van der Waals surface area contributed by atoms with Crippen molar-refractivity contribution in [2.45, 2.75) is 171 Å². The van der Waals surface area contributed by atoms with E-state index in [-0.39, 0.29) is 68.6 Å². The van der Waals surface area contributed by atoms with Gasteiger partial charge < -0.3 is 104 Å². The van der Waals surface area contributed by atoms with Crippen molar-refractivity contribution in [1.29, 1.82) is 0 Å². The van der Waals surface area contributed by atoms with Crippen LogP contribution in [-0.4, -0.2) is 278 Å². The van der Waals surface area contributed by atoms with Crippen LogP contribution in [-0.2, 0) is 115 Å². The van der Waals surface area contributed by atoms with Crippen LogP contribution in [0, 0.1) is 23.4 Å². The molecule has 0 spiro atoms. The molecule has 0 radical (unpaired) electrons. The van der Waals surface area contributed by atoms with Crippen LogP contribution in [0.5, 0.6) is 11.5 Å². The standard InChI is InChI=1S/C91H112F3N17O19S/c1-49(2)78-91(130)110(9)72(41-53-20-13-11-14-21-53)86(125)104-70(39-56-29-33-60(113)34-30-56)88(127)108(7)51(4)80(119)101-67(43-58-45-97-64-25-18-17-24-61(58)64)84(123)103-66(38-55-27-31-59(112)32-28-55)83(122)100-65(26-19-35-95)82(121)105-71(81(120)98-46-74(96)114)47-131-48-75(115)99-69(40-57-36-62(92)77(94)63(93)37-57)89(128)111(10)73(42-54-22-15-12-16-23-54)90(129)109(8)52(5)87(126)107(6)50(3)79(118)102-68(44-76(116)117)85(124)106-78/h11-18,20-25,27-34,36-37,45,49-52,65-73,78,97,112-113H,19,26,35,38-44,46-48,95H2,1-10H3,(H2,96,114)(H,98,120)(H,99,115)(H,100,122)(H,101,119)(H,102,118)(H,103,123)(H,104,125)(H,105,121)(H,106,124)(H,116,117)/t50-,51-,52+,65+,66+,67+,68+,69+,70+,71+,72+,73+,78+/m1/s1. The normalized spacial score (nSPS) is 22.9. The highest BCUT2D eigenvalue weighted by Crippen LogP contribution is 2.25. The number of aliphatic carboxylic acids is 1. The first-order valence-corrected chi connectivity index (χ1v) is 43.3. The van der Waals surface area contributed by atoms with Gasteiger partial charge in [0.15, 0.2) is 17.5 Å². The number of amides is 15. The number of phenols is 2. The molecule has 0 aliphatic carbocycles. The minimum absolute atomic E-state index is 0.0217. The van der Waals surface area contributed by atoms with Gasteiger partial charge in [0.1, 0.15) is 90.0 Å². The number of fused-ring (bicyclic) bond motifs is 1. The molecule has 0 unspecified atom stereocenters. The second kappa shape index (κ2) is 47.9. The number of nitrogens with zero attached hydrogens (tertiary/aromatic N) is 5. The molecule has 6 aromatic carbocycles. The van der Waals surface area contributed by atoms with E-state index in [1.54, 1.807) is 91.1 Å². The lowest BCUT2D eigenvalue weighted by atomic mass is 9.98. The highest BCUT2D eigenvalue weighted by atomic mass is 32.2. The van der Waals surface area contributed by atoms with Gasteiger partial charge in [-0.1, -0.05) is 117 Å². The van der Waals surface area contributed by atoms with E-state index in [1.165, 1.54) is 104 Å². The number of benzene rings is 6. The van der Waals surface area contributed by atoms with Gasteiger partial charge in [-0.25, -0.2) is 13.2 Å². The number of para-hydroxylation sites is 1. The van der Waals surface area contributed by atoms with Crippen LogP contribution in [0.3, 0.4) is 0 Å². The zero-order valence-electron chi connectivity index (χ0n) is 74.0. The average Bonchev–Trinajstić information content (AvgIpc) is 1.79. The van der Waals surface area contributed by atoms with Crippen molar-refractivity contribution in [3.8, 4) is 11.5 Å². The molecule has 13 atom stereocenters. The van der Waals surface area contributed by atoms with Gasteiger partial charge in [-0.05, 0) is 122 Å². The Bertz CT molecular complexity index is 5250. The number of hydrogen-bond donors (Lipinski definition) is 15. The number of carboxylic acids is 1. The Kier molecular flexibility index (Phi) is 37.5. The van der Waals surface area contributed by atoms with Gasteiger partial charge in [-0.3, -0.25) is 76.7 Å². The van der Waals surface area contributed by atoms with E-state index >= 15 is 47.1 Å². The van der Waals surface area contributed by atoms with Gasteiger partial charge >= 0.3 is 5.97 Å². The third-order valence-electron chi connectivity index (χ3n) is 22.7. The number of carbonyl (C=O) groups excluding carboxylic acids is 15. The Morgan fingerprint density at radius 3 is 1.47 bits per heavy atom. The number of likely N-dealkylation sites (N-methyl/N-ethyl adjacent to an activating group) is 5. The minimum atomic E-state index is -1.98. The molecule has 15 amide bonds. The molecule has 1 aliphatic heterocycles. The lowest BCUT2D eigenvalue weighted by molar-refractivity contribution is -0.151. The molecule has 702 valence electrons. The molecule has 7 aromatic rings. The van der Waals surface area contributed by atoms with Gasteiger partial charge in [-0.15, -0.1) is 11.8 Å². The molecule has 0 bridgehead atoms. The van der Waals surface area contributed by atoms with Crippen LogP contribution in [0.4, 0.5) is 13.2 Å². The van der Waals surface area contributed by atoms with Crippen molar-refractivity contribution < 1.29 is 105 Å². The Labute approximate surface area is 758 Å². The Balaban J connectivity index is 1.22. The quantitative estimate of drug-likeness (QED) is 0.0447. The maximum absolute atomic E-state index is 15.5. The fourth-order valence-corrected chi connectivity index (χ4v) is 15.4. The fourth-order valence-electron chi connectivity index (χ4n) is 14.5. The number of nitrogens with two attached hydrogens (primary N) is 2. The number of H-pyrrole nitrogens is 1. The third-order valence-corrected chi connectivity index (χ3v) is 23.7. The summed E-state index contributed by atoms with van der Waals surface area (Å²) < 4.78 is 44.7. The van der Waals surface area contributed by atoms with Gasteiger partial charge in [-0.2, -0.15) is 0 Å². The summed E-state index contributed by atoms with van der Waals surface area (Å²) in [4.78, 5) is 242. The van der Waals surface area contributed by atoms with Crippen LogP contribution < -0.4 is 59.3 Å². The number of aromatic nitrogens is 1. The van der Waals surface area contributed by atoms with E-state index in [1.807, 2.05) is 0 Å². The fraction of sp³-hybridized carbons (Fsp3) is 0.407. The highest BCUT2D eigenvalue weighted by Gasteiger charge is 2.43. The molecule has 2 heterocycles. The molecule has 1 aliphatic rings. The summed E-state index contributed by atoms with van der Waals surface area (Å²) in [7, 11) is 5.99. The molecule has 40 heteroatoms. The lowest BCUT2D eigenvalue weighted by Gasteiger charge is -2.36. The molecular formula is C91H112F3N17O19S. The van der Waals surface area contributed by atoms with Gasteiger partial charge in [0.25, 0.3) is 0 Å². The van der Waals surface area contributed by atoms with E-state index < -0.39 is 227 Å². The van der Waals surface area contributed by atoms with Gasteiger partial charge in [0.05, 0.1) is 18.7 Å². The maximum Gasteiger partial charge on any atom is 0.305 e. The molecular weight excluding hydrogens is 1720 g/mol. The Morgan fingerprint density at radius 1 is 0.473 bits per heavy atom. The Hall–Kier alpha value is -13.9. The summed E-state index contributed by atoms with van der Waals surface area (Å²) in [6.45, 7) is 5.99. The number of thioether (sulfide) groups is 1. The van der Waals surface area contributed by atoms with Crippen molar-refractivity contribution >= 4 is 117 Å². The molecule has 36 nitrogen and oxygen atoms in total. The van der Waals surface area contributed by atoms with Crippen molar-refractivity contribution in [1.82, 2.24) is 77.3 Å².